The number of benzene rings is 1. The molecule has 1 aromatic carbocycles. The largest absolute Gasteiger partial charge is 0.454 e. The summed E-state index contributed by atoms with van der Waals surface area (Å²) >= 11 is 0. The molecule has 0 spiro atoms. The number of hydrogen-bond donors (Lipinski definition) is 2. The summed E-state index contributed by atoms with van der Waals surface area (Å²) in [6, 6.07) is 5.70. The van der Waals surface area contributed by atoms with Crippen LogP contribution in [0.3, 0.4) is 0 Å². The predicted octanol–water partition coefficient (Wildman–Crippen LogP) is 1.92. The standard InChI is InChI=1S/C23H23FN8O3/c24-23-28-21(25)20-22(29-23)32(6-1-5-31-7-3-14(33)11-31)19(27-20)9-13-8-17-18(35-12-34-17)10-15(13)16-2-4-26-30-16/h2,4,8,10H,1,3,5-7,9,11-12H2,(H,26,30)(H2,25,28,29). The monoisotopic (exact) mass is 478 g/mol. The van der Waals surface area contributed by atoms with Gasteiger partial charge in [0.15, 0.2) is 28.5 Å². The van der Waals surface area contributed by atoms with Gasteiger partial charge in [0.1, 0.15) is 11.6 Å². The molecule has 6 rings (SSSR count). The number of aromatic nitrogens is 6. The van der Waals surface area contributed by atoms with E-state index in [0.717, 1.165) is 36.3 Å². The molecule has 12 heteroatoms. The summed E-state index contributed by atoms with van der Waals surface area (Å²) in [7, 11) is 0. The minimum absolute atomic E-state index is 0.00384. The number of anilines is 1. The van der Waals surface area contributed by atoms with Gasteiger partial charge in [0.2, 0.25) is 6.79 Å². The van der Waals surface area contributed by atoms with E-state index in [1.165, 1.54) is 0 Å². The first-order chi connectivity index (χ1) is 17.0. The zero-order valence-corrected chi connectivity index (χ0v) is 18.8. The third-order valence-corrected chi connectivity index (χ3v) is 6.36. The molecule has 11 nitrogen and oxygen atoms in total. The van der Waals surface area contributed by atoms with Crippen LogP contribution in [0.25, 0.3) is 22.4 Å². The fourth-order valence-corrected chi connectivity index (χ4v) is 4.69. The maximum Gasteiger partial charge on any atom is 0.312 e. The fourth-order valence-electron chi connectivity index (χ4n) is 4.69. The van der Waals surface area contributed by atoms with Crippen molar-refractivity contribution in [2.24, 2.45) is 0 Å². The molecule has 0 bridgehead atoms. The number of aromatic amines is 1. The van der Waals surface area contributed by atoms with Crippen molar-refractivity contribution >= 4 is 22.8 Å². The molecule has 0 atom stereocenters. The molecule has 2 aliphatic rings. The molecular weight excluding hydrogens is 455 g/mol. The Balaban J connectivity index is 1.37. The summed E-state index contributed by atoms with van der Waals surface area (Å²) in [4.78, 5) is 26.1. The summed E-state index contributed by atoms with van der Waals surface area (Å²) in [5.41, 5.74) is 9.24. The second-order valence-corrected chi connectivity index (χ2v) is 8.65. The summed E-state index contributed by atoms with van der Waals surface area (Å²) in [5.74, 6) is 2.22. The third-order valence-electron chi connectivity index (χ3n) is 6.36. The second kappa shape index (κ2) is 8.62. The smallest absolute Gasteiger partial charge is 0.312 e. The van der Waals surface area contributed by atoms with Crippen LogP contribution >= 0.6 is 0 Å². The Labute approximate surface area is 199 Å². The third kappa shape index (κ3) is 4.05. The number of fused-ring (bicyclic) bond motifs is 2. The fraction of sp³-hybridized carbons (Fsp3) is 0.348. The number of likely N-dealkylation sites (tertiary alicyclic amines) is 1. The lowest BCUT2D eigenvalue weighted by Crippen LogP contribution is -2.23. The van der Waals surface area contributed by atoms with Crippen molar-refractivity contribution in [3.05, 3.63) is 41.9 Å². The van der Waals surface area contributed by atoms with Crippen LogP contribution < -0.4 is 15.2 Å². The Morgan fingerprint density at radius 1 is 1.14 bits per heavy atom. The van der Waals surface area contributed by atoms with Crippen molar-refractivity contribution in [2.45, 2.75) is 25.8 Å². The predicted molar refractivity (Wildman–Crippen MR) is 123 cm³/mol. The molecule has 180 valence electrons. The van der Waals surface area contributed by atoms with Crippen LogP contribution in [-0.2, 0) is 17.8 Å². The van der Waals surface area contributed by atoms with E-state index >= 15 is 0 Å². The molecule has 0 amide bonds. The van der Waals surface area contributed by atoms with Crippen molar-refractivity contribution < 1.29 is 18.7 Å². The summed E-state index contributed by atoms with van der Waals surface area (Å²) in [6.45, 7) is 2.68. The van der Waals surface area contributed by atoms with Crippen molar-refractivity contribution in [1.82, 2.24) is 34.6 Å². The second-order valence-electron chi connectivity index (χ2n) is 8.65. The van der Waals surface area contributed by atoms with Crippen LogP contribution in [0.4, 0.5) is 10.2 Å². The van der Waals surface area contributed by atoms with Gasteiger partial charge in [0.05, 0.1) is 12.2 Å². The van der Waals surface area contributed by atoms with Gasteiger partial charge in [-0.15, -0.1) is 0 Å². The minimum atomic E-state index is -0.895. The van der Waals surface area contributed by atoms with Gasteiger partial charge >= 0.3 is 6.08 Å². The Morgan fingerprint density at radius 2 is 2.00 bits per heavy atom. The number of halogens is 1. The Kier molecular flexibility index (Phi) is 5.29. The molecule has 0 aliphatic carbocycles. The number of imidazole rings is 1. The van der Waals surface area contributed by atoms with Gasteiger partial charge in [-0.3, -0.25) is 14.8 Å². The van der Waals surface area contributed by atoms with Crippen LogP contribution in [0.5, 0.6) is 11.5 Å². The van der Waals surface area contributed by atoms with Gasteiger partial charge in [0, 0.05) is 44.2 Å². The number of nitrogen functional groups attached to an aromatic ring is 1. The highest BCUT2D eigenvalue weighted by Gasteiger charge is 2.23. The van der Waals surface area contributed by atoms with Crippen LogP contribution in [0.2, 0.25) is 0 Å². The number of nitrogens with two attached hydrogens (primary N) is 1. The number of nitrogens with zero attached hydrogens (tertiary/aromatic N) is 6. The maximum atomic E-state index is 14.1. The molecule has 3 aromatic heterocycles. The molecule has 0 unspecified atom stereocenters. The SMILES string of the molecule is Nc1nc(F)nc2c1nc(Cc1cc3c(cc1-c1cc[nH]n1)OCO3)n2CCCN1CCC(=O)C1. The first-order valence-corrected chi connectivity index (χ1v) is 11.4. The van der Waals surface area contributed by atoms with E-state index in [0.29, 0.717) is 54.4 Å². The number of H-pyrrole nitrogens is 1. The lowest BCUT2D eigenvalue weighted by atomic mass is 10.0. The van der Waals surface area contributed by atoms with Crippen molar-refractivity contribution in [3.8, 4) is 22.8 Å². The number of carbonyl (C=O) groups is 1. The average molecular weight is 478 g/mol. The molecule has 35 heavy (non-hydrogen) atoms. The Bertz CT molecular complexity index is 1420. The van der Waals surface area contributed by atoms with Gasteiger partial charge in [-0.2, -0.15) is 19.5 Å². The number of aryl methyl sites for hydroxylation is 1. The Morgan fingerprint density at radius 3 is 2.77 bits per heavy atom. The van der Waals surface area contributed by atoms with Gasteiger partial charge < -0.3 is 19.8 Å². The number of carbonyl (C=O) groups excluding carboxylic acids is 1. The number of Topliss-reactive ketones (excluding diaryl/α,β-unsaturated/α-hetero) is 1. The number of hydrogen-bond acceptors (Lipinski definition) is 9. The molecule has 0 saturated carbocycles. The highest BCUT2D eigenvalue weighted by atomic mass is 19.1. The maximum absolute atomic E-state index is 14.1. The number of rotatable bonds is 7. The van der Waals surface area contributed by atoms with E-state index in [4.69, 9.17) is 20.2 Å². The zero-order valence-electron chi connectivity index (χ0n) is 18.8. The van der Waals surface area contributed by atoms with Crippen LogP contribution in [0.1, 0.15) is 24.2 Å². The van der Waals surface area contributed by atoms with Gasteiger partial charge in [-0.1, -0.05) is 0 Å². The quantitative estimate of drug-likeness (QED) is 0.382. The zero-order chi connectivity index (χ0) is 23.9. The van der Waals surface area contributed by atoms with Crippen molar-refractivity contribution in [1.29, 1.82) is 0 Å². The highest BCUT2D eigenvalue weighted by molar-refractivity contribution is 5.83. The molecule has 5 heterocycles. The van der Waals surface area contributed by atoms with Crippen molar-refractivity contribution in [2.75, 3.05) is 32.2 Å². The van der Waals surface area contributed by atoms with E-state index in [-0.39, 0.29) is 18.4 Å². The lowest BCUT2D eigenvalue weighted by Gasteiger charge is -2.15. The van der Waals surface area contributed by atoms with Gasteiger partial charge in [-0.25, -0.2) is 4.98 Å². The summed E-state index contributed by atoms with van der Waals surface area (Å²) in [6.07, 6.45) is 2.59. The number of nitrogens with one attached hydrogen (secondary N) is 1. The van der Waals surface area contributed by atoms with Gasteiger partial charge in [-0.05, 0) is 30.2 Å². The molecule has 1 saturated heterocycles. The first-order valence-electron chi connectivity index (χ1n) is 11.4. The number of ketones is 1. The topological polar surface area (TPSA) is 137 Å². The first kappa shape index (κ1) is 21.5. The van der Waals surface area contributed by atoms with E-state index < -0.39 is 6.08 Å². The van der Waals surface area contributed by atoms with Crippen LogP contribution in [0.15, 0.2) is 24.4 Å². The van der Waals surface area contributed by atoms with E-state index in [2.05, 4.69) is 25.1 Å². The highest BCUT2D eigenvalue weighted by Crippen LogP contribution is 2.39. The van der Waals surface area contributed by atoms with E-state index in [1.54, 1.807) is 6.20 Å². The van der Waals surface area contributed by atoms with Crippen molar-refractivity contribution in [3.63, 3.8) is 0 Å². The van der Waals surface area contributed by atoms with Gasteiger partial charge in [0.25, 0.3) is 0 Å². The van der Waals surface area contributed by atoms with Crippen LogP contribution in [0, 0.1) is 6.08 Å². The average Bonchev–Trinajstić information content (AvgIpc) is 3.62. The molecule has 4 aromatic rings. The summed E-state index contributed by atoms with van der Waals surface area (Å²) in [5, 5.41) is 7.17. The molecular formula is C23H23FN8O3. The van der Waals surface area contributed by atoms with Crippen LogP contribution in [-0.4, -0.2) is 66.8 Å². The van der Waals surface area contributed by atoms with E-state index in [9.17, 15) is 9.18 Å². The normalized spacial score (nSPS) is 15.5. The summed E-state index contributed by atoms with van der Waals surface area (Å²) < 4.78 is 27.1. The van der Waals surface area contributed by atoms with E-state index in [1.807, 2.05) is 22.8 Å². The molecule has 0 radical (unpaired) electrons. The number of ether oxygens (including phenoxy) is 2. The molecule has 2 aliphatic heterocycles. The minimum Gasteiger partial charge on any atom is -0.454 e. The molecule has 3 N–H and O–H groups in total. The molecule has 1 fully saturated rings. The lowest BCUT2D eigenvalue weighted by molar-refractivity contribution is -0.116. The Hall–Kier alpha value is -4.06.